The summed E-state index contributed by atoms with van der Waals surface area (Å²) < 4.78 is 18.6. The lowest BCUT2D eigenvalue weighted by atomic mass is 10.0. The Bertz CT molecular complexity index is 1310. The van der Waals surface area contributed by atoms with Crippen LogP contribution in [0, 0.1) is 0 Å². The average molecular weight is 482 g/mol. The molecular formula is C23H23N5O3S2. The predicted octanol–water partition coefficient (Wildman–Crippen LogP) is 2.94. The molecule has 0 spiro atoms. The van der Waals surface area contributed by atoms with Crippen LogP contribution in [0.25, 0.3) is 32.6 Å². The predicted molar refractivity (Wildman–Crippen MR) is 132 cm³/mol. The summed E-state index contributed by atoms with van der Waals surface area (Å²) in [6.45, 7) is 1.47. The zero-order valence-electron chi connectivity index (χ0n) is 18.0. The summed E-state index contributed by atoms with van der Waals surface area (Å²) in [4.78, 5) is 16.4. The molecule has 4 aromatic rings. The fourth-order valence-corrected chi connectivity index (χ4v) is 6.31. The van der Waals surface area contributed by atoms with Crippen molar-refractivity contribution in [3.8, 4) is 22.4 Å². The maximum atomic E-state index is 12.8. The summed E-state index contributed by atoms with van der Waals surface area (Å²) in [6.07, 6.45) is 3.16. The van der Waals surface area contributed by atoms with Crippen LogP contribution in [0.3, 0.4) is 0 Å². The maximum Gasteiger partial charge on any atom is 0.225 e. The smallest absolute Gasteiger partial charge is 0.225 e. The highest BCUT2D eigenvalue weighted by Gasteiger charge is 2.26. The quantitative estimate of drug-likeness (QED) is 0.414. The van der Waals surface area contributed by atoms with Gasteiger partial charge in [-0.3, -0.25) is 4.21 Å². The Kier molecular flexibility index (Phi) is 6.07. The van der Waals surface area contributed by atoms with Crippen LogP contribution >= 0.6 is 11.3 Å². The summed E-state index contributed by atoms with van der Waals surface area (Å²) in [5, 5.41) is 10.3. The molecule has 1 unspecified atom stereocenters. The third-order valence-electron chi connectivity index (χ3n) is 5.51. The van der Waals surface area contributed by atoms with Gasteiger partial charge in [0.25, 0.3) is 0 Å². The second-order valence-corrected chi connectivity index (χ2v) is 10.5. The van der Waals surface area contributed by atoms with E-state index in [0.29, 0.717) is 47.0 Å². The second-order valence-electron chi connectivity index (χ2n) is 7.78. The Labute approximate surface area is 197 Å². The number of β-amino-alcohol motifs (C(OH)–C–C–N with tert-alkyl or cyclic N) is 1. The number of fused-ring (bicyclic) bond motifs is 1. The second kappa shape index (κ2) is 9.14. The van der Waals surface area contributed by atoms with Gasteiger partial charge in [0.1, 0.15) is 9.04 Å². The van der Waals surface area contributed by atoms with Gasteiger partial charge in [0.2, 0.25) is 5.95 Å². The minimum Gasteiger partial charge on any atom is -0.396 e. The molecule has 0 radical (unpaired) electrons. The Morgan fingerprint density at radius 1 is 1.21 bits per heavy atom. The molecule has 1 atom stereocenters. The molecule has 1 saturated heterocycles. The third-order valence-corrected chi connectivity index (χ3v) is 8.38. The molecule has 0 aliphatic carbocycles. The van der Waals surface area contributed by atoms with Crippen molar-refractivity contribution in [1.82, 2.24) is 15.0 Å². The van der Waals surface area contributed by atoms with E-state index in [2.05, 4.69) is 9.97 Å². The monoisotopic (exact) mass is 481 g/mol. The number of nitrogen functional groups attached to an aromatic ring is 1. The van der Waals surface area contributed by atoms with E-state index in [1.807, 2.05) is 41.3 Å². The normalized spacial score (nSPS) is 15.0. The van der Waals surface area contributed by atoms with E-state index in [9.17, 15) is 9.32 Å². The van der Waals surface area contributed by atoms with Gasteiger partial charge < -0.3 is 20.5 Å². The number of nitrogens with zero attached hydrogens (tertiary/aromatic N) is 4. The molecule has 1 fully saturated rings. The van der Waals surface area contributed by atoms with E-state index in [1.54, 1.807) is 19.5 Å². The van der Waals surface area contributed by atoms with Crippen LogP contribution in [0.4, 0.5) is 11.6 Å². The molecule has 0 saturated carbocycles. The fraction of sp³-hybridized carbons (Fsp3) is 0.261. The number of thiophene rings is 1. The minimum atomic E-state index is -1.27. The molecule has 4 heterocycles. The van der Waals surface area contributed by atoms with Crippen LogP contribution in [-0.2, 0) is 15.5 Å². The first-order valence-electron chi connectivity index (χ1n) is 10.5. The van der Waals surface area contributed by atoms with E-state index in [0.717, 1.165) is 26.9 Å². The van der Waals surface area contributed by atoms with Crippen molar-refractivity contribution in [2.24, 2.45) is 0 Å². The molecule has 0 amide bonds. The molecule has 0 bridgehead atoms. The number of aliphatic hydroxyl groups is 1. The van der Waals surface area contributed by atoms with E-state index in [4.69, 9.17) is 15.5 Å². The van der Waals surface area contributed by atoms with Gasteiger partial charge in [-0.05, 0) is 17.2 Å². The van der Waals surface area contributed by atoms with E-state index >= 15 is 0 Å². The first-order valence-corrected chi connectivity index (χ1v) is 12.6. The minimum absolute atomic E-state index is 0.321. The van der Waals surface area contributed by atoms with Crippen LogP contribution in [0.2, 0.25) is 0 Å². The van der Waals surface area contributed by atoms with Gasteiger partial charge in [0.05, 0.1) is 40.6 Å². The Balaban J connectivity index is 1.61. The lowest BCUT2D eigenvalue weighted by Crippen LogP contribution is -2.51. The van der Waals surface area contributed by atoms with Gasteiger partial charge in [0, 0.05) is 43.5 Å². The van der Waals surface area contributed by atoms with Crippen molar-refractivity contribution < 1.29 is 14.1 Å². The summed E-state index contributed by atoms with van der Waals surface area (Å²) in [5.41, 5.74) is 10.4. The molecular weight excluding hydrogens is 458 g/mol. The highest BCUT2D eigenvalue weighted by atomic mass is 32.2. The molecule has 1 aromatic carbocycles. The largest absolute Gasteiger partial charge is 0.396 e. The number of rotatable bonds is 7. The van der Waals surface area contributed by atoms with Crippen LogP contribution in [0.5, 0.6) is 0 Å². The van der Waals surface area contributed by atoms with Gasteiger partial charge >= 0.3 is 0 Å². The molecule has 1 aliphatic heterocycles. The lowest BCUT2D eigenvalue weighted by molar-refractivity contribution is 0.140. The molecule has 10 heteroatoms. The Morgan fingerprint density at radius 3 is 2.61 bits per heavy atom. The van der Waals surface area contributed by atoms with Crippen molar-refractivity contribution in [2.75, 3.05) is 43.2 Å². The van der Waals surface area contributed by atoms with Crippen LogP contribution in [0.1, 0.15) is 0 Å². The highest BCUT2D eigenvalue weighted by Crippen LogP contribution is 2.42. The Morgan fingerprint density at radius 2 is 1.94 bits per heavy atom. The molecule has 8 nitrogen and oxygen atoms in total. The van der Waals surface area contributed by atoms with Crippen molar-refractivity contribution in [1.29, 1.82) is 0 Å². The average Bonchev–Trinajstić information content (AvgIpc) is 3.17. The molecule has 3 N–H and O–H groups in total. The van der Waals surface area contributed by atoms with Gasteiger partial charge in [-0.25, -0.2) is 15.0 Å². The molecule has 5 rings (SSSR count). The first-order chi connectivity index (χ1) is 16.0. The van der Waals surface area contributed by atoms with Crippen molar-refractivity contribution >= 4 is 44.0 Å². The number of anilines is 2. The topological polar surface area (TPSA) is 114 Å². The first kappa shape index (κ1) is 21.9. The number of ether oxygens (including phenoxy) is 1. The summed E-state index contributed by atoms with van der Waals surface area (Å²) in [7, 11) is 0.316. The van der Waals surface area contributed by atoms with E-state index in [1.165, 1.54) is 11.3 Å². The van der Waals surface area contributed by atoms with Gasteiger partial charge in [0.15, 0.2) is 0 Å². The zero-order chi connectivity index (χ0) is 22.9. The number of nitrogens with two attached hydrogens (primary N) is 1. The van der Waals surface area contributed by atoms with Gasteiger partial charge in [-0.2, -0.15) is 0 Å². The lowest BCUT2D eigenvalue weighted by Gasteiger charge is -2.35. The van der Waals surface area contributed by atoms with E-state index < -0.39 is 10.8 Å². The van der Waals surface area contributed by atoms with Gasteiger partial charge in [-0.15, -0.1) is 11.3 Å². The zero-order valence-corrected chi connectivity index (χ0v) is 19.6. The number of aromatic nitrogens is 3. The van der Waals surface area contributed by atoms with Crippen LogP contribution in [0.15, 0.2) is 53.0 Å². The number of benzene rings is 1. The number of pyridine rings is 1. The van der Waals surface area contributed by atoms with Crippen molar-refractivity contribution in [3.05, 3.63) is 48.8 Å². The summed E-state index contributed by atoms with van der Waals surface area (Å²) >= 11 is 1.35. The molecule has 170 valence electrons. The number of hydrogen-bond acceptors (Lipinski definition) is 9. The molecule has 1 aliphatic rings. The van der Waals surface area contributed by atoms with Gasteiger partial charge in [-0.1, -0.05) is 30.3 Å². The fourth-order valence-electron chi connectivity index (χ4n) is 3.75. The number of aliphatic hydroxyl groups excluding tert-OH is 1. The highest BCUT2D eigenvalue weighted by molar-refractivity contribution is 7.87. The number of methoxy groups -OCH3 is 1. The molecule has 33 heavy (non-hydrogen) atoms. The van der Waals surface area contributed by atoms with Crippen molar-refractivity contribution in [2.45, 2.75) is 10.3 Å². The standard InChI is InChI=1S/C23H23N5O3S2/c1-31-7-8-33(30)22-20(24)19-17(14-5-3-2-4-6-14)9-18(27-21(19)32-22)15-10-25-23(26-11-15)28-12-16(29)13-28/h2-6,9-11,16,29H,7-8,12-13,24H2,1H3. The maximum absolute atomic E-state index is 12.8. The third kappa shape index (κ3) is 4.22. The summed E-state index contributed by atoms with van der Waals surface area (Å²) in [6, 6.07) is 11.9. The SMILES string of the molecule is COCCS(=O)c1sc2nc(-c3cnc(N4CC(O)C4)nc3)cc(-c3ccccc3)c2c1N. The van der Waals surface area contributed by atoms with E-state index in [-0.39, 0.29) is 6.10 Å². The number of hydrogen-bond donors (Lipinski definition) is 2. The Hall–Kier alpha value is -2.92. The van der Waals surface area contributed by atoms with Crippen LogP contribution in [-0.4, -0.2) is 62.9 Å². The van der Waals surface area contributed by atoms with Crippen molar-refractivity contribution in [3.63, 3.8) is 0 Å². The summed E-state index contributed by atoms with van der Waals surface area (Å²) in [5.74, 6) is 0.964. The van der Waals surface area contributed by atoms with Crippen LogP contribution < -0.4 is 10.6 Å². The molecule has 3 aromatic heterocycles.